The minimum Gasteiger partial charge on any atom is -0.491 e. The van der Waals surface area contributed by atoms with Crippen LogP contribution in [-0.2, 0) is 10.0 Å². The number of hydrogen-bond donors (Lipinski definition) is 1. The molecule has 0 heterocycles. The fourth-order valence-corrected chi connectivity index (χ4v) is 3.57. The maximum Gasteiger partial charge on any atom is 0.389 e. The monoisotopic (exact) mass is 439 g/mol. The van der Waals surface area contributed by atoms with Crippen molar-refractivity contribution in [3.8, 4) is 5.75 Å². The highest BCUT2D eigenvalue weighted by molar-refractivity contribution is 9.11. The zero-order chi connectivity index (χ0) is 15.6. The van der Waals surface area contributed by atoms with Crippen LogP contribution in [0.3, 0.4) is 0 Å². The van der Waals surface area contributed by atoms with Crippen LogP contribution < -0.4 is 9.88 Å². The van der Waals surface area contributed by atoms with Crippen LogP contribution in [0.15, 0.2) is 26.0 Å². The van der Waals surface area contributed by atoms with Crippen LogP contribution in [0.4, 0.5) is 13.2 Å². The van der Waals surface area contributed by atoms with Crippen molar-refractivity contribution in [3.05, 3.63) is 21.1 Å². The van der Waals surface area contributed by atoms with Gasteiger partial charge in [0.25, 0.3) is 0 Å². The highest BCUT2D eigenvalue weighted by Crippen LogP contribution is 2.36. The lowest BCUT2D eigenvalue weighted by Crippen LogP contribution is -2.13. The quantitative estimate of drug-likeness (QED) is 0.711. The summed E-state index contributed by atoms with van der Waals surface area (Å²) in [4.78, 5) is -0.140. The Morgan fingerprint density at radius 2 is 1.70 bits per heavy atom. The predicted octanol–water partition coefficient (Wildman–Crippen LogP) is 3.58. The van der Waals surface area contributed by atoms with Gasteiger partial charge in [-0.2, -0.15) is 13.2 Å². The van der Waals surface area contributed by atoms with E-state index in [2.05, 4.69) is 31.9 Å². The SMILES string of the molecule is NS(=O)(=O)c1cc(Br)c(OCCCC(F)(F)F)c(Br)c1. The molecule has 1 aromatic carbocycles. The predicted molar refractivity (Wildman–Crippen MR) is 74.0 cm³/mol. The Balaban J connectivity index is 2.78. The van der Waals surface area contributed by atoms with Gasteiger partial charge in [-0.3, -0.25) is 0 Å². The first-order valence-corrected chi connectivity index (χ1v) is 8.35. The van der Waals surface area contributed by atoms with Crippen LogP contribution in [0, 0.1) is 0 Å². The number of hydrogen-bond acceptors (Lipinski definition) is 3. The Bertz CT molecular complexity index is 567. The molecule has 0 aromatic heterocycles. The Morgan fingerprint density at radius 1 is 1.20 bits per heavy atom. The van der Waals surface area contributed by atoms with Crippen molar-refractivity contribution in [1.82, 2.24) is 0 Å². The van der Waals surface area contributed by atoms with E-state index in [4.69, 9.17) is 9.88 Å². The number of ether oxygens (including phenoxy) is 1. The molecule has 0 unspecified atom stereocenters. The number of rotatable bonds is 5. The highest BCUT2D eigenvalue weighted by atomic mass is 79.9. The van der Waals surface area contributed by atoms with Crippen LogP contribution >= 0.6 is 31.9 Å². The fraction of sp³-hybridized carbons (Fsp3) is 0.400. The molecule has 0 saturated carbocycles. The number of alkyl halides is 3. The molecule has 0 saturated heterocycles. The number of halogens is 5. The first kappa shape index (κ1) is 17.7. The highest BCUT2D eigenvalue weighted by Gasteiger charge is 2.26. The largest absolute Gasteiger partial charge is 0.491 e. The lowest BCUT2D eigenvalue weighted by Gasteiger charge is -2.12. The normalized spacial score (nSPS) is 12.5. The summed E-state index contributed by atoms with van der Waals surface area (Å²) in [6, 6.07) is 2.44. The van der Waals surface area contributed by atoms with Gasteiger partial charge in [-0.15, -0.1) is 0 Å². The number of nitrogens with two attached hydrogens (primary N) is 1. The van der Waals surface area contributed by atoms with Gasteiger partial charge in [-0.05, 0) is 50.4 Å². The summed E-state index contributed by atoms with van der Waals surface area (Å²) in [5.74, 6) is 0.222. The van der Waals surface area contributed by atoms with E-state index in [9.17, 15) is 21.6 Å². The molecule has 0 aliphatic carbocycles. The third-order valence-corrected chi connectivity index (χ3v) is 4.22. The van der Waals surface area contributed by atoms with Gasteiger partial charge in [0.15, 0.2) is 0 Å². The third-order valence-electron chi connectivity index (χ3n) is 2.15. The van der Waals surface area contributed by atoms with Crippen molar-refractivity contribution in [2.24, 2.45) is 5.14 Å². The average Bonchev–Trinajstić information content (AvgIpc) is 2.23. The van der Waals surface area contributed by atoms with Gasteiger partial charge in [0, 0.05) is 6.42 Å². The first-order valence-electron chi connectivity index (χ1n) is 5.22. The Hall–Kier alpha value is -0.320. The van der Waals surface area contributed by atoms with Crippen molar-refractivity contribution in [2.75, 3.05) is 6.61 Å². The maximum atomic E-state index is 12.0. The molecule has 0 radical (unpaired) electrons. The molecule has 0 atom stereocenters. The van der Waals surface area contributed by atoms with Crippen molar-refractivity contribution in [2.45, 2.75) is 23.9 Å². The molecule has 10 heteroatoms. The molecule has 0 aliphatic rings. The molecule has 4 nitrogen and oxygen atoms in total. The Morgan fingerprint density at radius 3 is 2.10 bits per heavy atom. The van der Waals surface area contributed by atoms with Gasteiger partial charge >= 0.3 is 6.18 Å². The first-order chi connectivity index (χ1) is 9.00. The summed E-state index contributed by atoms with van der Waals surface area (Å²) in [5, 5.41) is 4.98. The summed E-state index contributed by atoms with van der Waals surface area (Å²) in [6.45, 7) is -0.147. The number of primary sulfonamides is 1. The van der Waals surface area contributed by atoms with Crippen LogP contribution in [0.1, 0.15) is 12.8 Å². The smallest absolute Gasteiger partial charge is 0.389 e. The van der Waals surface area contributed by atoms with Crippen LogP contribution in [0.5, 0.6) is 5.75 Å². The van der Waals surface area contributed by atoms with Crippen molar-refractivity contribution in [3.63, 3.8) is 0 Å². The van der Waals surface area contributed by atoms with E-state index < -0.39 is 22.6 Å². The van der Waals surface area contributed by atoms with Crippen LogP contribution in [0.25, 0.3) is 0 Å². The van der Waals surface area contributed by atoms with E-state index >= 15 is 0 Å². The van der Waals surface area contributed by atoms with Crippen molar-refractivity contribution < 1.29 is 26.3 Å². The average molecular weight is 441 g/mol. The summed E-state index contributed by atoms with van der Waals surface area (Å²) in [5.41, 5.74) is 0. The lowest BCUT2D eigenvalue weighted by atomic mass is 10.3. The third kappa shape index (κ3) is 5.58. The lowest BCUT2D eigenvalue weighted by molar-refractivity contribution is -0.136. The van der Waals surface area contributed by atoms with Crippen molar-refractivity contribution in [1.29, 1.82) is 0 Å². The molecule has 0 spiro atoms. The van der Waals surface area contributed by atoms with E-state index in [1.165, 1.54) is 12.1 Å². The summed E-state index contributed by atoms with van der Waals surface area (Å²) in [7, 11) is -3.87. The zero-order valence-corrected chi connectivity index (χ0v) is 13.9. The molecular weight excluding hydrogens is 431 g/mol. The summed E-state index contributed by atoms with van der Waals surface area (Å²) >= 11 is 6.17. The standard InChI is InChI=1S/C10H10Br2F3NO3S/c11-7-4-6(20(16,17)18)5-8(12)9(7)19-3-1-2-10(13,14)15/h4-5H,1-3H2,(H2,16,17,18). The molecule has 2 N–H and O–H groups in total. The summed E-state index contributed by atoms with van der Waals surface area (Å²) in [6.07, 6.45) is -5.37. The van der Waals surface area contributed by atoms with Crippen LogP contribution in [0.2, 0.25) is 0 Å². The second-order valence-electron chi connectivity index (χ2n) is 3.83. The molecule has 0 aliphatic heterocycles. The molecular formula is C10H10Br2F3NO3S. The van der Waals surface area contributed by atoms with E-state index in [0.717, 1.165) is 0 Å². The van der Waals surface area contributed by atoms with Gasteiger partial charge in [-0.1, -0.05) is 0 Å². The second-order valence-corrected chi connectivity index (χ2v) is 7.10. The van der Waals surface area contributed by atoms with Gasteiger partial charge in [-0.25, -0.2) is 13.6 Å². The number of sulfonamides is 1. The van der Waals surface area contributed by atoms with E-state index in [1.54, 1.807) is 0 Å². The van der Waals surface area contributed by atoms with Crippen LogP contribution in [-0.4, -0.2) is 21.2 Å². The number of benzene rings is 1. The minimum atomic E-state index is -4.23. The fourth-order valence-electron chi connectivity index (χ4n) is 1.29. The van der Waals surface area contributed by atoms with Gasteiger partial charge in [0.05, 0.1) is 20.4 Å². The van der Waals surface area contributed by atoms with E-state index in [-0.39, 0.29) is 32.6 Å². The molecule has 0 fully saturated rings. The van der Waals surface area contributed by atoms with Gasteiger partial charge < -0.3 is 4.74 Å². The van der Waals surface area contributed by atoms with Gasteiger partial charge in [0.1, 0.15) is 5.75 Å². The Kier molecular flexibility index (Phi) is 5.88. The maximum absolute atomic E-state index is 12.0. The molecule has 20 heavy (non-hydrogen) atoms. The minimum absolute atomic E-state index is 0.140. The molecule has 1 aromatic rings. The molecule has 0 amide bonds. The second kappa shape index (κ2) is 6.63. The summed E-state index contributed by atoms with van der Waals surface area (Å²) < 4.78 is 64.0. The Labute approximate surface area is 130 Å². The molecule has 114 valence electrons. The topological polar surface area (TPSA) is 69.4 Å². The molecule has 0 bridgehead atoms. The molecule has 1 rings (SSSR count). The van der Waals surface area contributed by atoms with Gasteiger partial charge in [0.2, 0.25) is 10.0 Å². The van der Waals surface area contributed by atoms with E-state index in [0.29, 0.717) is 0 Å². The zero-order valence-electron chi connectivity index (χ0n) is 9.88. The van der Waals surface area contributed by atoms with Crippen molar-refractivity contribution >= 4 is 41.9 Å². The van der Waals surface area contributed by atoms with E-state index in [1.807, 2.05) is 0 Å².